The zero-order valence-electron chi connectivity index (χ0n) is 10.3. The Bertz CT molecular complexity index is 496. The average molecular weight is 228 g/mol. The summed E-state index contributed by atoms with van der Waals surface area (Å²) in [5, 5.41) is 2.95. The molecular formula is C13H16N4. The monoisotopic (exact) mass is 228 g/mol. The van der Waals surface area contributed by atoms with Crippen LogP contribution in [0.1, 0.15) is 5.56 Å². The van der Waals surface area contributed by atoms with E-state index in [1.165, 1.54) is 0 Å². The highest BCUT2D eigenvalue weighted by Gasteiger charge is 2.09. The molecule has 0 bridgehead atoms. The molecule has 0 fully saturated rings. The summed E-state index contributed by atoms with van der Waals surface area (Å²) < 4.78 is 0. The van der Waals surface area contributed by atoms with Crippen molar-refractivity contribution in [1.29, 1.82) is 0 Å². The van der Waals surface area contributed by atoms with Crippen LogP contribution in [0, 0.1) is 6.92 Å². The molecule has 4 nitrogen and oxygen atoms in total. The maximum absolute atomic E-state index is 4.47. The van der Waals surface area contributed by atoms with Gasteiger partial charge in [-0.25, -0.2) is 4.98 Å². The molecule has 0 aliphatic heterocycles. The molecule has 0 saturated carbocycles. The lowest BCUT2D eigenvalue weighted by Crippen LogP contribution is -2.14. The minimum absolute atomic E-state index is 0.633. The topological polar surface area (TPSA) is 41.1 Å². The predicted molar refractivity (Wildman–Crippen MR) is 70.8 cm³/mol. The molecule has 1 heterocycles. The second-order valence-electron chi connectivity index (χ2n) is 3.84. The van der Waals surface area contributed by atoms with E-state index in [0.717, 1.165) is 17.1 Å². The van der Waals surface area contributed by atoms with E-state index in [-0.39, 0.29) is 0 Å². The van der Waals surface area contributed by atoms with E-state index in [2.05, 4.69) is 32.3 Å². The first-order valence-corrected chi connectivity index (χ1v) is 5.52. The van der Waals surface area contributed by atoms with E-state index in [0.29, 0.717) is 5.95 Å². The number of hydrogen-bond acceptors (Lipinski definition) is 4. The Hall–Kier alpha value is -2.10. The van der Waals surface area contributed by atoms with E-state index in [4.69, 9.17) is 0 Å². The quantitative estimate of drug-likeness (QED) is 0.876. The number of nitrogens with one attached hydrogen (secondary N) is 1. The summed E-state index contributed by atoms with van der Waals surface area (Å²) in [5.41, 5.74) is 2.16. The Kier molecular flexibility index (Phi) is 3.23. The van der Waals surface area contributed by atoms with Crippen LogP contribution in [-0.4, -0.2) is 24.1 Å². The number of anilines is 3. The zero-order chi connectivity index (χ0) is 12.3. The van der Waals surface area contributed by atoms with Gasteiger partial charge in [0.25, 0.3) is 0 Å². The third-order valence-corrected chi connectivity index (χ3v) is 2.63. The van der Waals surface area contributed by atoms with Crippen molar-refractivity contribution in [3.8, 4) is 0 Å². The molecule has 0 spiro atoms. The molecule has 88 valence electrons. The van der Waals surface area contributed by atoms with Crippen molar-refractivity contribution in [3.05, 3.63) is 42.1 Å². The van der Waals surface area contributed by atoms with Gasteiger partial charge in [-0.3, -0.25) is 0 Å². The lowest BCUT2D eigenvalue weighted by Gasteiger charge is -2.20. The minimum Gasteiger partial charge on any atom is -0.357 e. The maximum atomic E-state index is 4.47. The van der Waals surface area contributed by atoms with Crippen molar-refractivity contribution in [2.24, 2.45) is 0 Å². The third kappa shape index (κ3) is 2.36. The van der Waals surface area contributed by atoms with Gasteiger partial charge in [0.15, 0.2) is 0 Å². The minimum atomic E-state index is 0.633. The standard InChI is InChI=1S/C13H16N4/c1-10-9-15-13(14-2)16-12(10)17(3)11-7-5-4-6-8-11/h4-9H,1-3H3,(H,14,15,16). The molecule has 1 aromatic carbocycles. The first kappa shape index (κ1) is 11.4. The van der Waals surface area contributed by atoms with Gasteiger partial charge in [0, 0.05) is 31.5 Å². The van der Waals surface area contributed by atoms with Gasteiger partial charge in [-0.15, -0.1) is 0 Å². The molecule has 2 aromatic rings. The number of nitrogens with zero attached hydrogens (tertiary/aromatic N) is 3. The highest BCUT2D eigenvalue weighted by Crippen LogP contribution is 2.24. The van der Waals surface area contributed by atoms with Crippen LogP contribution in [0.2, 0.25) is 0 Å². The predicted octanol–water partition coefficient (Wildman–Crippen LogP) is 2.59. The normalized spacial score (nSPS) is 10.1. The maximum Gasteiger partial charge on any atom is 0.224 e. The molecule has 4 heteroatoms. The summed E-state index contributed by atoms with van der Waals surface area (Å²) in [4.78, 5) is 10.7. The van der Waals surface area contributed by atoms with Gasteiger partial charge < -0.3 is 10.2 Å². The Balaban J connectivity index is 2.40. The van der Waals surface area contributed by atoms with Crippen LogP contribution in [-0.2, 0) is 0 Å². The SMILES string of the molecule is CNc1ncc(C)c(N(C)c2ccccc2)n1. The summed E-state index contributed by atoms with van der Waals surface area (Å²) >= 11 is 0. The molecule has 1 aromatic heterocycles. The van der Waals surface area contributed by atoms with Gasteiger partial charge in [-0.2, -0.15) is 4.98 Å². The lowest BCUT2D eigenvalue weighted by atomic mass is 10.2. The smallest absolute Gasteiger partial charge is 0.224 e. The Labute approximate surface area is 101 Å². The van der Waals surface area contributed by atoms with Crippen molar-refractivity contribution in [3.63, 3.8) is 0 Å². The van der Waals surface area contributed by atoms with Crippen LogP contribution in [0.5, 0.6) is 0 Å². The molecule has 0 aliphatic rings. The van der Waals surface area contributed by atoms with Crippen molar-refractivity contribution >= 4 is 17.5 Å². The summed E-state index contributed by atoms with van der Waals surface area (Å²) in [6.07, 6.45) is 1.83. The number of para-hydroxylation sites is 1. The van der Waals surface area contributed by atoms with E-state index in [9.17, 15) is 0 Å². The van der Waals surface area contributed by atoms with Gasteiger partial charge in [0.2, 0.25) is 5.95 Å². The Morgan fingerprint density at radius 3 is 2.53 bits per heavy atom. The van der Waals surface area contributed by atoms with Crippen LogP contribution >= 0.6 is 0 Å². The van der Waals surface area contributed by atoms with Crippen LogP contribution < -0.4 is 10.2 Å². The average Bonchev–Trinajstić information content (AvgIpc) is 2.39. The summed E-state index contributed by atoms with van der Waals surface area (Å²) in [6.45, 7) is 2.01. The second-order valence-corrected chi connectivity index (χ2v) is 3.84. The molecule has 0 radical (unpaired) electrons. The van der Waals surface area contributed by atoms with Crippen molar-refractivity contribution in [2.75, 3.05) is 24.3 Å². The number of aromatic nitrogens is 2. The highest BCUT2D eigenvalue weighted by molar-refractivity contribution is 5.62. The van der Waals surface area contributed by atoms with E-state index >= 15 is 0 Å². The number of benzene rings is 1. The molecule has 0 amide bonds. The molecule has 0 saturated heterocycles. The number of hydrogen-bond donors (Lipinski definition) is 1. The fraction of sp³-hybridized carbons (Fsp3) is 0.231. The Morgan fingerprint density at radius 2 is 1.88 bits per heavy atom. The summed E-state index contributed by atoms with van der Waals surface area (Å²) in [7, 11) is 3.82. The largest absolute Gasteiger partial charge is 0.357 e. The van der Waals surface area contributed by atoms with Gasteiger partial charge in [0.05, 0.1) is 0 Å². The lowest BCUT2D eigenvalue weighted by molar-refractivity contribution is 1.05. The molecule has 1 N–H and O–H groups in total. The summed E-state index contributed by atoms with van der Waals surface area (Å²) in [6, 6.07) is 10.1. The highest BCUT2D eigenvalue weighted by atomic mass is 15.2. The molecule has 2 rings (SSSR count). The molecular weight excluding hydrogens is 212 g/mol. The zero-order valence-corrected chi connectivity index (χ0v) is 10.3. The van der Waals surface area contributed by atoms with Crippen LogP contribution in [0.4, 0.5) is 17.5 Å². The second kappa shape index (κ2) is 4.82. The van der Waals surface area contributed by atoms with Crippen LogP contribution in [0.3, 0.4) is 0 Å². The van der Waals surface area contributed by atoms with E-state index < -0.39 is 0 Å². The molecule has 17 heavy (non-hydrogen) atoms. The van der Waals surface area contributed by atoms with Gasteiger partial charge in [-0.05, 0) is 19.1 Å². The summed E-state index contributed by atoms with van der Waals surface area (Å²) in [5.74, 6) is 1.55. The van der Waals surface area contributed by atoms with Gasteiger partial charge in [0.1, 0.15) is 5.82 Å². The number of aryl methyl sites for hydroxylation is 1. The van der Waals surface area contributed by atoms with Crippen molar-refractivity contribution in [2.45, 2.75) is 6.92 Å². The van der Waals surface area contributed by atoms with Gasteiger partial charge in [-0.1, -0.05) is 18.2 Å². The molecule has 0 atom stereocenters. The first-order valence-electron chi connectivity index (χ1n) is 5.52. The van der Waals surface area contributed by atoms with E-state index in [1.807, 2.05) is 45.4 Å². The Morgan fingerprint density at radius 1 is 1.18 bits per heavy atom. The fourth-order valence-electron chi connectivity index (χ4n) is 1.67. The van der Waals surface area contributed by atoms with E-state index in [1.54, 1.807) is 0 Å². The first-order chi connectivity index (χ1) is 8.22. The van der Waals surface area contributed by atoms with Gasteiger partial charge >= 0.3 is 0 Å². The molecule has 0 unspecified atom stereocenters. The van der Waals surface area contributed by atoms with Crippen molar-refractivity contribution < 1.29 is 0 Å². The number of rotatable bonds is 3. The fourth-order valence-corrected chi connectivity index (χ4v) is 1.67. The third-order valence-electron chi connectivity index (χ3n) is 2.63. The van der Waals surface area contributed by atoms with Crippen LogP contribution in [0.15, 0.2) is 36.5 Å². The van der Waals surface area contributed by atoms with Crippen molar-refractivity contribution in [1.82, 2.24) is 9.97 Å². The molecule has 0 aliphatic carbocycles. The van der Waals surface area contributed by atoms with Crippen LogP contribution in [0.25, 0.3) is 0 Å².